The molecule has 108 valence electrons. The van der Waals surface area contributed by atoms with Gasteiger partial charge in [-0.2, -0.15) is 0 Å². The fourth-order valence-electron chi connectivity index (χ4n) is 1.65. The normalized spacial score (nSPS) is 10.2. The molecule has 0 aromatic heterocycles. The topological polar surface area (TPSA) is 92.5 Å². The lowest BCUT2D eigenvalue weighted by Crippen LogP contribution is -2.02. The van der Waals surface area contributed by atoms with Crippen molar-refractivity contribution in [2.75, 3.05) is 5.32 Å². The largest absolute Gasteiger partial charge is 0.478 e. The molecule has 0 atom stereocenters. The van der Waals surface area contributed by atoms with Crippen molar-refractivity contribution in [1.29, 1.82) is 0 Å². The molecular formula is C13H8BrFN2O4. The van der Waals surface area contributed by atoms with Crippen LogP contribution in [0, 0.1) is 15.9 Å². The zero-order chi connectivity index (χ0) is 15.6. The van der Waals surface area contributed by atoms with Crippen LogP contribution >= 0.6 is 15.9 Å². The Bertz CT molecular complexity index is 736. The molecule has 2 rings (SSSR count). The van der Waals surface area contributed by atoms with Crippen LogP contribution in [0.2, 0.25) is 0 Å². The number of hydrogen-bond donors (Lipinski definition) is 2. The van der Waals surface area contributed by atoms with Crippen LogP contribution < -0.4 is 5.32 Å². The molecule has 2 N–H and O–H groups in total. The van der Waals surface area contributed by atoms with E-state index >= 15 is 0 Å². The highest BCUT2D eigenvalue weighted by Gasteiger charge is 2.17. The van der Waals surface area contributed by atoms with Crippen molar-refractivity contribution in [3.05, 3.63) is 62.4 Å². The summed E-state index contributed by atoms with van der Waals surface area (Å²) in [4.78, 5) is 21.1. The summed E-state index contributed by atoms with van der Waals surface area (Å²) in [5, 5.41) is 22.5. The number of benzene rings is 2. The first-order valence-corrected chi connectivity index (χ1v) is 6.41. The molecule has 0 fully saturated rings. The van der Waals surface area contributed by atoms with Gasteiger partial charge in [-0.15, -0.1) is 0 Å². The minimum atomic E-state index is -1.26. The number of rotatable bonds is 4. The van der Waals surface area contributed by atoms with Crippen molar-refractivity contribution in [2.24, 2.45) is 0 Å². The molecule has 0 amide bonds. The molecule has 2 aromatic carbocycles. The van der Waals surface area contributed by atoms with Crippen molar-refractivity contribution in [1.82, 2.24) is 0 Å². The van der Waals surface area contributed by atoms with E-state index in [-0.39, 0.29) is 15.7 Å². The van der Waals surface area contributed by atoms with E-state index in [0.717, 1.165) is 6.07 Å². The zero-order valence-corrected chi connectivity index (χ0v) is 11.9. The maximum atomic E-state index is 13.4. The molecular weight excluding hydrogens is 347 g/mol. The Balaban J connectivity index is 2.41. The van der Waals surface area contributed by atoms with Crippen molar-refractivity contribution < 1.29 is 19.2 Å². The molecule has 8 heteroatoms. The second kappa shape index (κ2) is 5.88. The predicted molar refractivity (Wildman–Crippen MR) is 77.4 cm³/mol. The smallest absolute Gasteiger partial charge is 0.335 e. The van der Waals surface area contributed by atoms with Gasteiger partial charge in [0.2, 0.25) is 0 Å². The summed E-state index contributed by atoms with van der Waals surface area (Å²) in [6, 6.07) is 7.59. The average molecular weight is 355 g/mol. The molecule has 0 heterocycles. The van der Waals surface area contributed by atoms with Gasteiger partial charge in [-0.25, -0.2) is 9.18 Å². The van der Waals surface area contributed by atoms with E-state index in [4.69, 9.17) is 5.11 Å². The Morgan fingerprint density at radius 2 is 2.00 bits per heavy atom. The van der Waals surface area contributed by atoms with Crippen molar-refractivity contribution in [3.63, 3.8) is 0 Å². The quantitative estimate of drug-likeness (QED) is 0.640. The Morgan fingerprint density at radius 1 is 1.29 bits per heavy atom. The van der Waals surface area contributed by atoms with Crippen LogP contribution in [0.4, 0.5) is 21.5 Å². The fourth-order valence-corrected chi connectivity index (χ4v) is 1.90. The van der Waals surface area contributed by atoms with Crippen LogP contribution in [0.3, 0.4) is 0 Å². The first-order chi connectivity index (χ1) is 9.88. The van der Waals surface area contributed by atoms with Gasteiger partial charge in [0.15, 0.2) is 0 Å². The fraction of sp³-hybridized carbons (Fsp3) is 0. The molecule has 0 aliphatic heterocycles. The number of carboxylic acid groups (broad SMARTS) is 1. The lowest BCUT2D eigenvalue weighted by atomic mass is 10.1. The molecule has 0 unspecified atom stereocenters. The molecule has 0 spiro atoms. The highest BCUT2D eigenvalue weighted by Crippen LogP contribution is 2.30. The van der Waals surface area contributed by atoms with Gasteiger partial charge in [-0.3, -0.25) is 10.1 Å². The van der Waals surface area contributed by atoms with E-state index < -0.39 is 22.4 Å². The average Bonchev–Trinajstić information content (AvgIpc) is 2.43. The molecule has 6 nitrogen and oxygen atoms in total. The number of halogens is 2. The van der Waals surface area contributed by atoms with Crippen LogP contribution in [0.1, 0.15) is 10.4 Å². The van der Waals surface area contributed by atoms with Gasteiger partial charge in [0.1, 0.15) is 11.5 Å². The monoisotopic (exact) mass is 354 g/mol. The van der Waals surface area contributed by atoms with Crippen LogP contribution in [-0.4, -0.2) is 16.0 Å². The van der Waals surface area contributed by atoms with Crippen LogP contribution in [-0.2, 0) is 0 Å². The summed E-state index contributed by atoms with van der Waals surface area (Å²) in [6.07, 6.45) is 0. The minimum Gasteiger partial charge on any atom is -0.478 e. The predicted octanol–water partition coefficient (Wildman–Crippen LogP) is 3.94. The first kappa shape index (κ1) is 14.9. The Hall–Kier alpha value is -2.48. The number of hydrogen-bond acceptors (Lipinski definition) is 4. The van der Waals surface area contributed by atoms with Gasteiger partial charge in [-0.1, -0.05) is 0 Å². The second-order valence-electron chi connectivity index (χ2n) is 4.05. The molecule has 2 aromatic rings. The molecule has 0 radical (unpaired) electrons. The first-order valence-electron chi connectivity index (χ1n) is 5.62. The maximum Gasteiger partial charge on any atom is 0.335 e. The highest BCUT2D eigenvalue weighted by atomic mass is 79.9. The van der Waals surface area contributed by atoms with Crippen LogP contribution in [0.5, 0.6) is 0 Å². The molecule has 0 saturated carbocycles. The Kier molecular flexibility index (Phi) is 4.18. The number of aromatic carboxylic acids is 1. The van der Waals surface area contributed by atoms with Gasteiger partial charge < -0.3 is 10.4 Å². The maximum absolute atomic E-state index is 13.4. The summed E-state index contributed by atoms with van der Waals surface area (Å²) < 4.78 is 13.7. The summed E-state index contributed by atoms with van der Waals surface area (Å²) in [5.41, 5.74) is -0.221. The summed E-state index contributed by atoms with van der Waals surface area (Å²) in [5.74, 6) is -1.79. The number of carboxylic acids is 1. The minimum absolute atomic E-state index is 0.0757. The van der Waals surface area contributed by atoms with Gasteiger partial charge in [-0.05, 0) is 46.3 Å². The number of anilines is 2. The second-order valence-corrected chi connectivity index (χ2v) is 4.90. The standard InChI is InChI=1S/C13H8BrFN2O4/c14-9-3-2-8(6-10(9)15)16-11-4-1-7(13(18)19)5-12(11)17(20)21/h1-6,16H,(H,18,19). The van der Waals surface area contributed by atoms with E-state index in [9.17, 15) is 19.3 Å². The van der Waals surface area contributed by atoms with Crippen molar-refractivity contribution >= 4 is 39.0 Å². The number of carbonyl (C=O) groups is 1. The lowest BCUT2D eigenvalue weighted by molar-refractivity contribution is -0.383. The molecule has 21 heavy (non-hydrogen) atoms. The zero-order valence-electron chi connectivity index (χ0n) is 10.3. The lowest BCUT2D eigenvalue weighted by Gasteiger charge is -2.08. The molecule has 0 saturated heterocycles. The molecule has 0 bridgehead atoms. The summed E-state index contributed by atoms with van der Waals surface area (Å²) >= 11 is 3.00. The molecule has 0 aliphatic rings. The van der Waals surface area contributed by atoms with Gasteiger partial charge >= 0.3 is 5.97 Å². The van der Waals surface area contributed by atoms with E-state index in [1.165, 1.54) is 30.3 Å². The third kappa shape index (κ3) is 3.34. The van der Waals surface area contributed by atoms with Gasteiger partial charge in [0.05, 0.1) is 15.0 Å². The van der Waals surface area contributed by atoms with E-state index in [1.54, 1.807) is 0 Å². The number of nitro groups is 1. The van der Waals surface area contributed by atoms with E-state index in [2.05, 4.69) is 21.2 Å². The van der Waals surface area contributed by atoms with Gasteiger partial charge in [0.25, 0.3) is 5.69 Å². The van der Waals surface area contributed by atoms with Crippen molar-refractivity contribution in [3.8, 4) is 0 Å². The van der Waals surface area contributed by atoms with E-state index in [0.29, 0.717) is 5.69 Å². The third-order valence-electron chi connectivity index (χ3n) is 2.64. The Labute approximate surface area is 126 Å². The van der Waals surface area contributed by atoms with Crippen molar-refractivity contribution in [2.45, 2.75) is 0 Å². The Morgan fingerprint density at radius 3 is 2.57 bits per heavy atom. The number of nitro benzene ring substituents is 1. The summed E-state index contributed by atoms with van der Waals surface area (Å²) in [7, 11) is 0. The molecule has 0 aliphatic carbocycles. The summed E-state index contributed by atoms with van der Waals surface area (Å²) in [6.45, 7) is 0. The number of nitrogens with zero attached hydrogens (tertiary/aromatic N) is 1. The number of nitrogens with one attached hydrogen (secondary N) is 1. The third-order valence-corrected chi connectivity index (χ3v) is 3.28. The van der Waals surface area contributed by atoms with Crippen LogP contribution in [0.25, 0.3) is 0 Å². The SMILES string of the molecule is O=C(O)c1ccc(Nc2ccc(Br)c(F)c2)c([N+](=O)[O-])c1. The van der Waals surface area contributed by atoms with Gasteiger partial charge in [0, 0.05) is 11.8 Å². The van der Waals surface area contributed by atoms with E-state index in [1.807, 2.05) is 0 Å². The highest BCUT2D eigenvalue weighted by molar-refractivity contribution is 9.10. The van der Waals surface area contributed by atoms with Crippen LogP contribution in [0.15, 0.2) is 40.9 Å².